The van der Waals surface area contributed by atoms with E-state index in [1.54, 1.807) is 4.31 Å². The molecule has 0 aliphatic carbocycles. The molecular weight excluding hydrogens is 248 g/mol. The first-order valence-electron chi connectivity index (χ1n) is 6.43. The lowest BCUT2D eigenvalue weighted by atomic mass is 10.1. The molecule has 100 valence electrons. The summed E-state index contributed by atoms with van der Waals surface area (Å²) in [6.45, 7) is 0.999. The van der Waals surface area contributed by atoms with E-state index < -0.39 is 10.0 Å². The highest BCUT2D eigenvalue weighted by molar-refractivity contribution is 7.92. The molecular formula is C13H20N2O2S. The summed E-state index contributed by atoms with van der Waals surface area (Å²) in [6.07, 6.45) is 3.43. The maximum absolute atomic E-state index is 12.3. The number of rotatable bonds is 4. The van der Waals surface area contributed by atoms with E-state index in [0.717, 1.165) is 30.5 Å². The highest BCUT2D eigenvalue weighted by atomic mass is 32.2. The van der Waals surface area contributed by atoms with Crippen LogP contribution in [0.5, 0.6) is 0 Å². The van der Waals surface area contributed by atoms with Gasteiger partial charge in [0, 0.05) is 6.54 Å². The van der Waals surface area contributed by atoms with E-state index in [2.05, 4.69) is 0 Å². The Morgan fingerprint density at radius 1 is 1.22 bits per heavy atom. The van der Waals surface area contributed by atoms with E-state index in [1.165, 1.54) is 0 Å². The molecule has 0 radical (unpaired) electrons. The predicted molar refractivity (Wildman–Crippen MR) is 74.2 cm³/mol. The molecule has 18 heavy (non-hydrogen) atoms. The van der Waals surface area contributed by atoms with Crippen molar-refractivity contribution in [3.05, 3.63) is 29.8 Å². The van der Waals surface area contributed by atoms with Crippen molar-refractivity contribution in [3.63, 3.8) is 0 Å². The summed E-state index contributed by atoms with van der Waals surface area (Å²) in [5.41, 5.74) is 7.39. The van der Waals surface area contributed by atoms with Crippen LogP contribution in [0.2, 0.25) is 0 Å². The number of fused-ring (bicyclic) bond motifs is 1. The SMILES string of the molecule is NCCCS(=O)(=O)N1CCCCc2ccccc21. The molecule has 0 atom stereocenters. The number of aryl methyl sites for hydroxylation is 1. The Morgan fingerprint density at radius 3 is 2.78 bits per heavy atom. The minimum Gasteiger partial charge on any atom is -0.330 e. The zero-order valence-electron chi connectivity index (χ0n) is 10.5. The average molecular weight is 268 g/mol. The van der Waals surface area contributed by atoms with Gasteiger partial charge in [-0.05, 0) is 43.9 Å². The van der Waals surface area contributed by atoms with E-state index in [4.69, 9.17) is 5.73 Å². The van der Waals surface area contributed by atoms with Gasteiger partial charge in [0.1, 0.15) is 0 Å². The van der Waals surface area contributed by atoms with Crippen molar-refractivity contribution in [1.82, 2.24) is 0 Å². The van der Waals surface area contributed by atoms with Gasteiger partial charge < -0.3 is 5.73 Å². The molecule has 0 aromatic heterocycles. The van der Waals surface area contributed by atoms with Crippen molar-refractivity contribution in [1.29, 1.82) is 0 Å². The van der Waals surface area contributed by atoms with Crippen molar-refractivity contribution < 1.29 is 8.42 Å². The van der Waals surface area contributed by atoms with Crippen molar-refractivity contribution in [3.8, 4) is 0 Å². The summed E-state index contributed by atoms with van der Waals surface area (Å²) < 4.78 is 26.2. The summed E-state index contributed by atoms with van der Waals surface area (Å²) in [7, 11) is -3.23. The Bertz CT molecular complexity index is 499. The van der Waals surface area contributed by atoms with Crippen LogP contribution < -0.4 is 10.0 Å². The van der Waals surface area contributed by atoms with Crippen LogP contribution in [-0.2, 0) is 16.4 Å². The van der Waals surface area contributed by atoms with Gasteiger partial charge in [0.05, 0.1) is 11.4 Å². The number of benzene rings is 1. The fourth-order valence-corrected chi connectivity index (χ4v) is 3.96. The van der Waals surface area contributed by atoms with Crippen LogP contribution in [0.1, 0.15) is 24.8 Å². The number of nitrogens with zero attached hydrogens (tertiary/aromatic N) is 1. The van der Waals surface area contributed by atoms with Crippen LogP contribution >= 0.6 is 0 Å². The van der Waals surface area contributed by atoms with Crippen molar-refractivity contribution in [2.24, 2.45) is 5.73 Å². The minimum atomic E-state index is -3.23. The average Bonchev–Trinajstić information content (AvgIpc) is 2.59. The van der Waals surface area contributed by atoms with Crippen LogP contribution in [0, 0.1) is 0 Å². The lowest BCUT2D eigenvalue weighted by Crippen LogP contribution is -2.34. The molecule has 0 bridgehead atoms. The molecule has 0 fully saturated rings. The van der Waals surface area contributed by atoms with Gasteiger partial charge in [0.25, 0.3) is 0 Å². The topological polar surface area (TPSA) is 63.4 Å². The third-order valence-electron chi connectivity index (χ3n) is 3.26. The van der Waals surface area contributed by atoms with Crippen molar-refractivity contribution in [2.45, 2.75) is 25.7 Å². The van der Waals surface area contributed by atoms with Gasteiger partial charge in [-0.25, -0.2) is 8.42 Å². The lowest BCUT2D eigenvalue weighted by molar-refractivity contribution is 0.587. The van der Waals surface area contributed by atoms with Crippen LogP contribution in [0.3, 0.4) is 0 Å². The molecule has 1 aromatic carbocycles. The molecule has 2 N–H and O–H groups in total. The molecule has 0 amide bonds. The third-order valence-corrected chi connectivity index (χ3v) is 5.12. The van der Waals surface area contributed by atoms with Gasteiger partial charge in [-0.15, -0.1) is 0 Å². The summed E-state index contributed by atoms with van der Waals surface area (Å²) >= 11 is 0. The number of para-hydroxylation sites is 1. The highest BCUT2D eigenvalue weighted by Gasteiger charge is 2.25. The molecule has 2 rings (SSSR count). The van der Waals surface area contributed by atoms with Crippen LogP contribution in [0.15, 0.2) is 24.3 Å². The molecule has 5 heteroatoms. The van der Waals surface area contributed by atoms with Crippen molar-refractivity contribution >= 4 is 15.7 Å². The maximum Gasteiger partial charge on any atom is 0.235 e. The van der Waals surface area contributed by atoms with Gasteiger partial charge >= 0.3 is 0 Å². The van der Waals surface area contributed by atoms with E-state index in [0.29, 0.717) is 19.5 Å². The normalized spacial score (nSPS) is 16.2. The lowest BCUT2D eigenvalue weighted by Gasteiger charge is -2.24. The van der Waals surface area contributed by atoms with Gasteiger partial charge in [-0.2, -0.15) is 0 Å². The Kier molecular flexibility index (Phi) is 4.24. The molecule has 1 heterocycles. The summed E-state index contributed by atoms with van der Waals surface area (Å²) in [6, 6.07) is 7.79. The minimum absolute atomic E-state index is 0.137. The molecule has 0 unspecified atom stereocenters. The molecule has 1 aliphatic heterocycles. The molecule has 0 saturated carbocycles. The Morgan fingerprint density at radius 2 is 2.00 bits per heavy atom. The largest absolute Gasteiger partial charge is 0.330 e. The fraction of sp³-hybridized carbons (Fsp3) is 0.538. The Hall–Kier alpha value is -1.07. The zero-order chi connectivity index (χ0) is 13.0. The number of hydrogen-bond acceptors (Lipinski definition) is 3. The van der Waals surface area contributed by atoms with Gasteiger partial charge in [-0.1, -0.05) is 18.2 Å². The summed E-state index contributed by atoms with van der Waals surface area (Å²) in [5.74, 6) is 0.137. The Balaban J connectivity index is 2.33. The highest BCUT2D eigenvalue weighted by Crippen LogP contribution is 2.28. The smallest absolute Gasteiger partial charge is 0.235 e. The van der Waals surface area contributed by atoms with Gasteiger partial charge in [0.15, 0.2) is 0 Å². The third kappa shape index (κ3) is 2.84. The summed E-state index contributed by atoms with van der Waals surface area (Å²) in [5, 5.41) is 0. The number of nitrogens with two attached hydrogens (primary N) is 1. The number of anilines is 1. The first-order chi connectivity index (χ1) is 8.65. The maximum atomic E-state index is 12.3. The second-order valence-electron chi connectivity index (χ2n) is 4.62. The van der Waals surface area contributed by atoms with E-state index in [1.807, 2.05) is 24.3 Å². The fourth-order valence-electron chi connectivity index (χ4n) is 2.32. The van der Waals surface area contributed by atoms with E-state index in [-0.39, 0.29) is 5.75 Å². The van der Waals surface area contributed by atoms with Gasteiger partial charge in [-0.3, -0.25) is 4.31 Å². The van der Waals surface area contributed by atoms with Crippen LogP contribution in [-0.4, -0.2) is 27.3 Å². The van der Waals surface area contributed by atoms with Crippen LogP contribution in [0.25, 0.3) is 0 Å². The predicted octanol–water partition coefficient (Wildman–Crippen LogP) is 1.51. The first-order valence-corrected chi connectivity index (χ1v) is 8.04. The number of hydrogen-bond donors (Lipinski definition) is 1. The monoisotopic (exact) mass is 268 g/mol. The zero-order valence-corrected chi connectivity index (χ0v) is 11.3. The standard InChI is InChI=1S/C13H20N2O2S/c14-9-5-11-18(16,17)15-10-4-3-7-12-6-1-2-8-13(12)15/h1-2,6,8H,3-5,7,9-11,14H2. The quantitative estimate of drug-likeness (QED) is 0.900. The van der Waals surface area contributed by atoms with E-state index in [9.17, 15) is 8.42 Å². The second kappa shape index (κ2) is 5.71. The van der Waals surface area contributed by atoms with E-state index >= 15 is 0 Å². The molecule has 0 saturated heterocycles. The Labute approximate surface area is 109 Å². The molecule has 0 spiro atoms. The van der Waals surface area contributed by atoms with Gasteiger partial charge in [0.2, 0.25) is 10.0 Å². The molecule has 4 nitrogen and oxygen atoms in total. The summed E-state index contributed by atoms with van der Waals surface area (Å²) in [4.78, 5) is 0. The second-order valence-corrected chi connectivity index (χ2v) is 6.63. The molecule has 1 aliphatic rings. The van der Waals surface area contributed by atoms with Crippen molar-refractivity contribution in [2.75, 3.05) is 23.1 Å². The van der Waals surface area contributed by atoms with Crippen LogP contribution in [0.4, 0.5) is 5.69 Å². The first kappa shape index (κ1) is 13.4. The number of sulfonamides is 1. The molecule has 1 aromatic rings.